The summed E-state index contributed by atoms with van der Waals surface area (Å²) in [6.45, 7) is 3.65. The number of carbonyl (C=O) groups is 2. The Balaban J connectivity index is 2.00. The first-order valence-electron chi connectivity index (χ1n) is 12.2. The zero-order valence-electron chi connectivity index (χ0n) is 21.6. The Morgan fingerprint density at radius 2 is 1.68 bits per heavy atom. The molecule has 3 aromatic carbocycles. The summed E-state index contributed by atoms with van der Waals surface area (Å²) < 4.78 is 34.6. The lowest BCUT2D eigenvalue weighted by Crippen LogP contribution is -2.51. The molecule has 0 saturated heterocycles. The van der Waals surface area contributed by atoms with Crippen LogP contribution in [0.1, 0.15) is 25.8 Å². The van der Waals surface area contributed by atoms with Crippen LogP contribution in [0.3, 0.4) is 0 Å². The smallest absolute Gasteiger partial charge is 0.264 e. The lowest BCUT2D eigenvalue weighted by molar-refractivity contribution is -0.139. The van der Waals surface area contributed by atoms with E-state index in [9.17, 15) is 18.0 Å². The SMILES string of the molecule is CCCNC(=O)C(C)N(Cc1cccc(OC)c1)C(=O)CN(c1ccc(Br)cc1)S(=O)(=O)c1ccccc1. The van der Waals surface area contributed by atoms with Crippen LogP contribution in [0, 0.1) is 0 Å². The van der Waals surface area contributed by atoms with Gasteiger partial charge >= 0.3 is 0 Å². The Morgan fingerprint density at radius 3 is 2.32 bits per heavy atom. The van der Waals surface area contributed by atoms with E-state index in [2.05, 4.69) is 21.2 Å². The number of nitrogens with one attached hydrogen (secondary N) is 1. The van der Waals surface area contributed by atoms with Gasteiger partial charge in [0.05, 0.1) is 17.7 Å². The van der Waals surface area contributed by atoms with E-state index in [1.165, 1.54) is 17.0 Å². The van der Waals surface area contributed by atoms with E-state index in [1.54, 1.807) is 74.7 Å². The lowest BCUT2D eigenvalue weighted by Gasteiger charge is -2.32. The molecule has 3 aromatic rings. The van der Waals surface area contributed by atoms with E-state index in [0.717, 1.165) is 20.8 Å². The van der Waals surface area contributed by atoms with E-state index >= 15 is 0 Å². The van der Waals surface area contributed by atoms with Crippen molar-refractivity contribution in [3.63, 3.8) is 0 Å². The third kappa shape index (κ3) is 7.35. The monoisotopic (exact) mass is 601 g/mol. The maximum Gasteiger partial charge on any atom is 0.264 e. The summed E-state index contributed by atoms with van der Waals surface area (Å²) in [4.78, 5) is 28.2. The van der Waals surface area contributed by atoms with Crippen LogP contribution < -0.4 is 14.4 Å². The molecule has 202 valence electrons. The number of nitrogens with zero attached hydrogens (tertiary/aromatic N) is 2. The van der Waals surface area contributed by atoms with Crippen LogP contribution in [0.4, 0.5) is 5.69 Å². The quantitative estimate of drug-likeness (QED) is 0.327. The number of methoxy groups -OCH3 is 1. The molecule has 0 saturated carbocycles. The molecule has 0 aromatic heterocycles. The predicted octanol–water partition coefficient (Wildman–Crippen LogP) is 4.60. The summed E-state index contributed by atoms with van der Waals surface area (Å²) in [5.41, 5.74) is 1.07. The van der Waals surface area contributed by atoms with E-state index < -0.39 is 28.5 Å². The Hall–Kier alpha value is -3.37. The van der Waals surface area contributed by atoms with Gasteiger partial charge in [0, 0.05) is 17.6 Å². The van der Waals surface area contributed by atoms with Crippen molar-refractivity contribution in [1.29, 1.82) is 0 Å². The van der Waals surface area contributed by atoms with Gasteiger partial charge in [0.25, 0.3) is 10.0 Å². The maximum atomic E-state index is 13.8. The Morgan fingerprint density at radius 1 is 1.00 bits per heavy atom. The highest BCUT2D eigenvalue weighted by atomic mass is 79.9. The molecule has 1 N–H and O–H groups in total. The topological polar surface area (TPSA) is 96.0 Å². The number of hydrogen-bond donors (Lipinski definition) is 1. The van der Waals surface area contributed by atoms with Crippen molar-refractivity contribution in [3.8, 4) is 5.75 Å². The fraction of sp³-hybridized carbons (Fsp3) is 0.286. The molecule has 38 heavy (non-hydrogen) atoms. The molecule has 0 aliphatic rings. The Kier molecular flexibility index (Phi) is 10.3. The minimum Gasteiger partial charge on any atom is -0.497 e. The summed E-state index contributed by atoms with van der Waals surface area (Å²) in [5.74, 6) is -0.222. The number of sulfonamides is 1. The molecule has 0 aliphatic heterocycles. The Labute approximate surface area is 232 Å². The normalized spacial score (nSPS) is 11.9. The highest BCUT2D eigenvalue weighted by Gasteiger charge is 2.32. The zero-order valence-corrected chi connectivity index (χ0v) is 24.0. The first kappa shape index (κ1) is 29.2. The number of rotatable bonds is 12. The second-order valence-electron chi connectivity index (χ2n) is 8.64. The minimum atomic E-state index is -4.09. The number of carbonyl (C=O) groups excluding carboxylic acids is 2. The molecule has 0 radical (unpaired) electrons. The van der Waals surface area contributed by atoms with Crippen molar-refractivity contribution in [2.45, 2.75) is 37.8 Å². The standard InChI is InChI=1S/C28H32BrN3O5S/c1-4-17-30-28(34)21(2)31(19-22-9-8-10-25(18-22)37-3)27(33)20-32(24-15-13-23(29)14-16-24)38(35,36)26-11-6-5-7-12-26/h5-16,18,21H,4,17,19-20H2,1-3H3,(H,30,34). The molecule has 0 aliphatic carbocycles. The number of halogens is 1. The van der Waals surface area contributed by atoms with Gasteiger partial charge in [-0.15, -0.1) is 0 Å². The van der Waals surface area contributed by atoms with Gasteiger partial charge in [-0.05, 0) is 67.4 Å². The van der Waals surface area contributed by atoms with Gasteiger partial charge in [-0.2, -0.15) is 0 Å². The van der Waals surface area contributed by atoms with Gasteiger partial charge in [-0.3, -0.25) is 13.9 Å². The van der Waals surface area contributed by atoms with E-state index in [4.69, 9.17) is 4.74 Å². The highest BCUT2D eigenvalue weighted by Crippen LogP contribution is 2.26. The summed E-state index contributed by atoms with van der Waals surface area (Å²) in [5, 5.41) is 2.83. The number of anilines is 1. The average molecular weight is 603 g/mol. The summed E-state index contributed by atoms with van der Waals surface area (Å²) >= 11 is 3.37. The van der Waals surface area contributed by atoms with Gasteiger partial charge in [0.15, 0.2) is 0 Å². The van der Waals surface area contributed by atoms with Gasteiger partial charge in [-0.1, -0.05) is 53.2 Å². The molecule has 1 atom stereocenters. The highest BCUT2D eigenvalue weighted by molar-refractivity contribution is 9.10. The Bertz CT molecular complexity index is 1330. The lowest BCUT2D eigenvalue weighted by atomic mass is 10.1. The largest absolute Gasteiger partial charge is 0.497 e. The van der Waals surface area contributed by atoms with Crippen LogP contribution in [0.15, 0.2) is 88.2 Å². The zero-order chi connectivity index (χ0) is 27.7. The van der Waals surface area contributed by atoms with Crippen LogP contribution in [0.5, 0.6) is 5.75 Å². The molecule has 0 spiro atoms. The van der Waals surface area contributed by atoms with E-state index in [0.29, 0.717) is 18.0 Å². The van der Waals surface area contributed by atoms with E-state index in [1.807, 2.05) is 13.0 Å². The molecule has 10 heteroatoms. The molecule has 1 unspecified atom stereocenters. The molecule has 0 heterocycles. The van der Waals surface area contributed by atoms with Gasteiger partial charge in [0.2, 0.25) is 11.8 Å². The maximum absolute atomic E-state index is 13.8. The molecule has 0 bridgehead atoms. The van der Waals surface area contributed by atoms with Crippen LogP contribution in [0.2, 0.25) is 0 Å². The van der Waals surface area contributed by atoms with Crippen molar-refractivity contribution < 1.29 is 22.7 Å². The third-order valence-corrected chi connectivity index (χ3v) is 8.25. The number of amides is 2. The molecule has 3 rings (SSSR count). The fourth-order valence-electron chi connectivity index (χ4n) is 3.80. The molecule has 0 fully saturated rings. The molecule has 8 nitrogen and oxygen atoms in total. The number of hydrogen-bond acceptors (Lipinski definition) is 5. The van der Waals surface area contributed by atoms with Crippen molar-refractivity contribution in [3.05, 3.63) is 88.9 Å². The van der Waals surface area contributed by atoms with Crippen molar-refractivity contribution in [2.75, 3.05) is 24.5 Å². The molecular weight excluding hydrogens is 570 g/mol. The van der Waals surface area contributed by atoms with Crippen molar-refractivity contribution in [2.24, 2.45) is 0 Å². The first-order chi connectivity index (χ1) is 18.2. The first-order valence-corrected chi connectivity index (χ1v) is 14.4. The van der Waals surface area contributed by atoms with Crippen molar-refractivity contribution in [1.82, 2.24) is 10.2 Å². The number of benzene rings is 3. The van der Waals surface area contributed by atoms with Crippen LogP contribution >= 0.6 is 15.9 Å². The summed E-state index contributed by atoms with van der Waals surface area (Å²) in [7, 11) is -2.54. The molecule has 2 amide bonds. The second-order valence-corrected chi connectivity index (χ2v) is 11.4. The van der Waals surface area contributed by atoms with Crippen LogP contribution in [0.25, 0.3) is 0 Å². The van der Waals surface area contributed by atoms with Crippen molar-refractivity contribution >= 4 is 43.5 Å². The van der Waals surface area contributed by atoms with Gasteiger partial charge < -0.3 is 15.0 Å². The average Bonchev–Trinajstić information content (AvgIpc) is 2.93. The summed E-state index contributed by atoms with van der Waals surface area (Å²) in [6.07, 6.45) is 0.745. The van der Waals surface area contributed by atoms with Crippen LogP contribution in [-0.4, -0.2) is 51.4 Å². The molecular formula is C28H32BrN3O5S. The van der Waals surface area contributed by atoms with Crippen LogP contribution in [-0.2, 0) is 26.2 Å². The van der Waals surface area contributed by atoms with E-state index in [-0.39, 0.29) is 17.3 Å². The predicted molar refractivity (Wildman–Crippen MR) is 151 cm³/mol. The minimum absolute atomic E-state index is 0.0591. The second kappa shape index (κ2) is 13.4. The fourth-order valence-corrected chi connectivity index (χ4v) is 5.50. The number of ether oxygens (including phenoxy) is 1. The third-order valence-electron chi connectivity index (χ3n) is 5.93. The van der Waals surface area contributed by atoms with Gasteiger partial charge in [-0.25, -0.2) is 8.42 Å². The summed E-state index contributed by atoms with van der Waals surface area (Å²) in [6, 6.07) is 21.0. The van der Waals surface area contributed by atoms with Gasteiger partial charge in [0.1, 0.15) is 18.3 Å².